The molecule has 0 fully saturated rings. The summed E-state index contributed by atoms with van der Waals surface area (Å²) >= 11 is 0. The number of carbonyl (C=O) groups is 1. The van der Waals surface area contributed by atoms with Crippen molar-refractivity contribution < 1.29 is 17.9 Å². The summed E-state index contributed by atoms with van der Waals surface area (Å²) in [6.45, 7) is 3.33. The molecule has 0 unspecified atom stereocenters. The van der Waals surface area contributed by atoms with Gasteiger partial charge in [-0.2, -0.15) is 4.72 Å². The molecule has 1 aromatic heterocycles. The molecule has 0 aliphatic rings. The first-order valence-corrected chi connectivity index (χ1v) is 8.70. The average Bonchev–Trinajstić information content (AvgIpc) is 2.54. The number of anilines is 1. The van der Waals surface area contributed by atoms with Gasteiger partial charge >= 0.3 is 0 Å². The van der Waals surface area contributed by atoms with E-state index in [2.05, 4.69) is 15.0 Å². The number of rotatable bonds is 6. The Kier molecular flexibility index (Phi) is 5.53. The van der Waals surface area contributed by atoms with Crippen LogP contribution >= 0.6 is 0 Å². The summed E-state index contributed by atoms with van der Waals surface area (Å²) in [6.07, 6.45) is 1.57. The van der Waals surface area contributed by atoms with Gasteiger partial charge in [0.25, 0.3) is 0 Å². The SMILES string of the molecule is COc1ccc(S(=O)(=O)N[C@H](C)C(=O)Nc2cc(C)ccn2)cc1. The maximum Gasteiger partial charge on any atom is 0.243 e. The number of methoxy groups -OCH3 is 1. The number of nitrogens with one attached hydrogen (secondary N) is 2. The molecule has 1 amide bonds. The summed E-state index contributed by atoms with van der Waals surface area (Å²) in [5, 5.41) is 2.58. The monoisotopic (exact) mass is 349 g/mol. The molecule has 8 heteroatoms. The molecule has 0 aliphatic heterocycles. The second-order valence-electron chi connectivity index (χ2n) is 5.23. The van der Waals surface area contributed by atoms with E-state index in [1.54, 1.807) is 18.3 Å². The van der Waals surface area contributed by atoms with Gasteiger partial charge in [-0.3, -0.25) is 4.79 Å². The van der Waals surface area contributed by atoms with E-state index in [1.165, 1.54) is 38.3 Å². The van der Waals surface area contributed by atoms with Crippen LogP contribution in [0, 0.1) is 6.92 Å². The minimum atomic E-state index is -3.82. The van der Waals surface area contributed by atoms with Crippen molar-refractivity contribution >= 4 is 21.7 Å². The lowest BCUT2D eigenvalue weighted by Gasteiger charge is -2.14. The predicted octanol–water partition coefficient (Wildman–Crippen LogP) is 1.70. The van der Waals surface area contributed by atoms with E-state index in [-0.39, 0.29) is 4.90 Å². The van der Waals surface area contributed by atoms with Crippen LogP contribution in [-0.2, 0) is 14.8 Å². The highest BCUT2D eigenvalue weighted by atomic mass is 32.2. The Labute approximate surface area is 141 Å². The lowest BCUT2D eigenvalue weighted by atomic mass is 10.3. The second-order valence-corrected chi connectivity index (χ2v) is 6.94. The normalized spacial score (nSPS) is 12.5. The molecule has 0 bridgehead atoms. The number of sulfonamides is 1. The Morgan fingerprint density at radius 3 is 2.46 bits per heavy atom. The number of amides is 1. The zero-order chi connectivity index (χ0) is 17.7. The van der Waals surface area contributed by atoms with Crippen molar-refractivity contribution in [3.8, 4) is 5.75 Å². The molecular formula is C16H19N3O4S. The van der Waals surface area contributed by atoms with Crippen LogP contribution in [0.3, 0.4) is 0 Å². The van der Waals surface area contributed by atoms with Gasteiger partial charge in [0.2, 0.25) is 15.9 Å². The van der Waals surface area contributed by atoms with Crippen molar-refractivity contribution in [1.29, 1.82) is 0 Å². The van der Waals surface area contributed by atoms with Crippen LogP contribution in [-0.4, -0.2) is 32.5 Å². The molecule has 0 aliphatic carbocycles. The molecule has 2 aromatic rings. The number of aryl methyl sites for hydroxylation is 1. The van der Waals surface area contributed by atoms with Gasteiger partial charge in [0.05, 0.1) is 18.0 Å². The third-order valence-electron chi connectivity index (χ3n) is 3.26. The maximum atomic E-state index is 12.3. The first-order valence-electron chi connectivity index (χ1n) is 7.22. The van der Waals surface area contributed by atoms with E-state index in [1.807, 2.05) is 6.92 Å². The average molecular weight is 349 g/mol. The first-order chi connectivity index (χ1) is 11.3. The van der Waals surface area contributed by atoms with Crippen LogP contribution in [0.15, 0.2) is 47.5 Å². The number of hydrogen-bond donors (Lipinski definition) is 2. The van der Waals surface area contributed by atoms with E-state index in [4.69, 9.17) is 4.74 Å². The molecule has 0 radical (unpaired) electrons. The summed E-state index contributed by atoms with van der Waals surface area (Å²) in [5.74, 6) is 0.422. The van der Waals surface area contributed by atoms with Crippen LogP contribution in [0.25, 0.3) is 0 Å². The minimum absolute atomic E-state index is 0.0524. The maximum absolute atomic E-state index is 12.3. The molecule has 0 saturated heterocycles. The minimum Gasteiger partial charge on any atom is -0.497 e. The fraction of sp³-hybridized carbons (Fsp3) is 0.250. The third-order valence-corrected chi connectivity index (χ3v) is 4.82. The lowest BCUT2D eigenvalue weighted by molar-refractivity contribution is -0.117. The summed E-state index contributed by atoms with van der Waals surface area (Å²) in [5.41, 5.74) is 0.937. The highest BCUT2D eigenvalue weighted by Crippen LogP contribution is 2.15. The van der Waals surface area contributed by atoms with Crippen molar-refractivity contribution in [2.24, 2.45) is 0 Å². The van der Waals surface area contributed by atoms with Crippen molar-refractivity contribution in [3.05, 3.63) is 48.2 Å². The number of carbonyl (C=O) groups excluding carboxylic acids is 1. The molecule has 2 N–H and O–H groups in total. The van der Waals surface area contributed by atoms with E-state index >= 15 is 0 Å². The fourth-order valence-corrected chi connectivity index (χ4v) is 3.15. The van der Waals surface area contributed by atoms with Gasteiger partial charge in [-0.25, -0.2) is 13.4 Å². The molecule has 1 heterocycles. The molecule has 1 aromatic carbocycles. The topological polar surface area (TPSA) is 97.4 Å². The number of aromatic nitrogens is 1. The van der Waals surface area contributed by atoms with Gasteiger partial charge in [-0.05, 0) is 55.8 Å². The molecule has 7 nitrogen and oxygen atoms in total. The predicted molar refractivity (Wildman–Crippen MR) is 90.4 cm³/mol. The summed E-state index contributed by atoms with van der Waals surface area (Å²) in [6, 6.07) is 8.43. The van der Waals surface area contributed by atoms with Crippen molar-refractivity contribution in [1.82, 2.24) is 9.71 Å². The largest absolute Gasteiger partial charge is 0.497 e. The molecule has 24 heavy (non-hydrogen) atoms. The molecule has 0 spiro atoms. The fourth-order valence-electron chi connectivity index (χ4n) is 1.95. The van der Waals surface area contributed by atoms with E-state index < -0.39 is 22.0 Å². The van der Waals surface area contributed by atoms with E-state index in [0.717, 1.165) is 5.56 Å². The summed E-state index contributed by atoms with van der Waals surface area (Å²) in [7, 11) is -2.32. The first kappa shape index (κ1) is 17.9. The second kappa shape index (κ2) is 7.41. The highest BCUT2D eigenvalue weighted by molar-refractivity contribution is 7.89. The Balaban J connectivity index is 2.06. The number of hydrogen-bond acceptors (Lipinski definition) is 5. The van der Waals surface area contributed by atoms with Crippen LogP contribution in [0.2, 0.25) is 0 Å². The van der Waals surface area contributed by atoms with Gasteiger partial charge in [0.15, 0.2) is 0 Å². The molecule has 1 atom stereocenters. The van der Waals surface area contributed by atoms with Crippen LogP contribution in [0.4, 0.5) is 5.82 Å². The van der Waals surface area contributed by atoms with Gasteiger partial charge in [-0.1, -0.05) is 0 Å². The zero-order valence-electron chi connectivity index (χ0n) is 13.6. The number of pyridine rings is 1. The van der Waals surface area contributed by atoms with Gasteiger partial charge in [0, 0.05) is 6.20 Å². The smallest absolute Gasteiger partial charge is 0.243 e. The summed E-state index contributed by atoms with van der Waals surface area (Å²) < 4.78 is 31.9. The Morgan fingerprint density at radius 1 is 1.21 bits per heavy atom. The van der Waals surface area contributed by atoms with E-state index in [9.17, 15) is 13.2 Å². The van der Waals surface area contributed by atoms with Crippen molar-refractivity contribution in [3.63, 3.8) is 0 Å². The zero-order valence-corrected chi connectivity index (χ0v) is 14.4. The standard InChI is InChI=1S/C16H19N3O4S/c1-11-8-9-17-15(10-11)18-16(20)12(2)19-24(21,22)14-6-4-13(23-3)5-7-14/h4-10,12,19H,1-3H3,(H,17,18,20)/t12-/m1/s1. The molecular weight excluding hydrogens is 330 g/mol. The quantitative estimate of drug-likeness (QED) is 0.827. The third kappa shape index (κ3) is 4.53. The highest BCUT2D eigenvalue weighted by Gasteiger charge is 2.22. The van der Waals surface area contributed by atoms with Crippen LogP contribution in [0.1, 0.15) is 12.5 Å². The van der Waals surface area contributed by atoms with Gasteiger partial charge in [-0.15, -0.1) is 0 Å². The Bertz CT molecular complexity index is 819. The van der Waals surface area contributed by atoms with Gasteiger partial charge < -0.3 is 10.1 Å². The number of nitrogens with zero attached hydrogens (tertiary/aromatic N) is 1. The Hall–Kier alpha value is -2.45. The number of ether oxygens (including phenoxy) is 1. The van der Waals surface area contributed by atoms with Crippen LogP contribution in [0.5, 0.6) is 5.75 Å². The van der Waals surface area contributed by atoms with E-state index in [0.29, 0.717) is 11.6 Å². The van der Waals surface area contributed by atoms with Crippen molar-refractivity contribution in [2.45, 2.75) is 24.8 Å². The van der Waals surface area contributed by atoms with Gasteiger partial charge in [0.1, 0.15) is 11.6 Å². The lowest BCUT2D eigenvalue weighted by Crippen LogP contribution is -2.41. The molecule has 0 saturated carbocycles. The Morgan fingerprint density at radius 2 is 1.88 bits per heavy atom. The van der Waals surface area contributed by atoms with Crippen molar-refractivity contribution in [2.75, 3.05) is 12.4 Å². The number of benzene rings is 1. The molecule has 2 rings (SSSR count). The van der Waals surface area contributed by atoms with Crippen LogP contribution < -0.4 is 14.8 Å². The summed E-state index contributed by atoms with van der Waals surface area (Å²) in [4.78, 5) is 16.2. The molecule has 128 valence electrons.